The number of benzene rings is 2. The SMILES string of the molecule is COc1ccc(I)cc1CCC1CCc2cc([C@H]3CC[C@](N)(CO)C3)ccc2C1. The second-order valence-electron chi connectivity index (χ2n) is 9.09. The maximum absolute atomic E-state index is 9.56. The number of aryl methyl sites for hydroxylation is 2. The number of aliphatic hydroxyl groups excluding tert-OH is 1. The Balaban J connectivity index is 1.39. The number of hydrogen-bond acceptors (Lipinski definition) is 3. The van der Waals surface area contributed by atoms with Gasteiger partial charge in [-0.15, -0.1) is 0 Å². The minimum Gasteiger partial charge on any atom is -0.496 e. The molecule has 0 amide bonds. The number of halogens is 1. The molecule has 0 saturated heterocycles. The summed E-state index contributed by atoms with van der Waals surface area (Å²) in [5, 5.41) is 9.56. The van der Waals surface area contributed by atoms with Gasteiger partial charge in [-0.25, -0.2) is 0 Å². The quantitative estimate of drug-likeness (QED) is 0.544. The summed E-state index contributed by atoms with van der Waals surface area (Å²) in [5.74, 6) is 2.26. The van der Waals surface area contributed by atoms with Gasteiger partial charge < -0.3 is 15.6 Å². The largest absolute Gasteiger partial charge is 0.496 e. The molecular weight excluding hydrogens is 473 g/mol. The fourth-order valence-corrected chi connectivity index (χ4v) is 5.79. The number of nitrogens with two attached hydrogens (primary N) is 1. The third-order valence-corrected chi connectivity index (χ3v) is 7.73. The van der Waals surface area contributed by atoms with E-state index in [0.717, 1.165) is 37.4 Å². The number of aliphatic hydroxyl groups is 1. The summed E-state index contributed by atoms with van der Waals surface area (Å²) in [6.07, 6.45) is 8.85. The molecule has 2 aliphatic carbocycles. The third kappa shape index (κ3) is 4.80. The summed E-state index contributed by atoms with van der Waals surface area (Å²) in [6, 6.07) is 13.6. The minimum absolute atomic E-state index is 0.0986. The molecule has 0 spiro atoms. The first-order valence-corrected chi connectivity index (χ1v) is 11.9. The predicted octanol–water partition coefficient (Wildman–Crippen LogP) is 4.99. The summed E-state index contributed by atoms with van der Waals surface area (Å²) in [7, 11) is 1.76. The Morgan fingerprint density at radius 2 is 2.03 bits per heavy atom. The van der Waals surface area contributed by atoms with Crippen molar-refractivity contribution in [1.29, 1.82) is 0 Å². The van der Waals surface area contributed by atoms with Crippen molar-refractivity contribution in [2.45, 2.75) is 62.8 Å². The molecule has 1 saturated carbocycles. The molecule has 3 nitrogen and oxygen atoms in total. The molecule has 0 bridgehead atoms. The van der Waals surface area contributed by atoms with Gasteiger partial charge in [-0.1, -0.05) is 18.2 Å². The zero-order valence-corrected chi connectivity index (χ0v) is 19.5. The van der Waals surface area contributed by atoms with Crippen molar-refractivity contribution < 1.29 is 9.84 Å². The summed E-state index contributed by atoms with van der Waals surface area (Å²) in [6.45, 7) is 0.0986. The Kier molecular flexibility index (Phi) is 6.52. The topological polar surface area (TPSA) is 55.5 Å². The van der Waals surface area contributed by atoms with E-state index in [0.29, 0.717) is 5.92 Å². The first kappa shape index (κ1) is 21.1. The second kappa shape index (κ2) is 8.94. The molecule has 3 N–H and O–H groups in total. The molecule has 156 valence electrons. The van der Waals surface area contributed by atoms with Gasteiger partial charge in [0, 0.05) is 9.11 Å². The molecule has 2 aromatic carbocycles. The van der Waals surface area contributed by atoms with Crippen molar-refractivity contribution in [1.82, 2.24) is 0 Å². The van der Waals surface area contributed by atoms with Crippen LogP contribution in [0.3, 0.4) is 0 Å². The highest BCUT2D eigenvalue weighted by Crippen LogP contribution is 2.41. The fourth-order valence-electron chi connectivity index (χ4n) is 5.24. The van der Waals surface area contributed by atoms with Gasteiger partial charge in [0.25, 0.3) is 0 Å². The Bertz CT molecular complexity index is 868. The maximum Gasteiger partial charge on any atom is 0.122 e. The molecule has 0 aromatic heterocycles. The summed E-state index contributed by atoms with van der Waals surface area (Å²) >= 11 is 2.38. The lowest BCUT2D eigenvalue weighted by molar-refractivity contribution is 0.198. The van der Waals surface area contributed by atoms with E-state index in [-0.39, 0.29) is 12.1 Å². The molecule has 29 heavy (non-hydrogen) atoms. The Morgan fingerprint density at radius 1 is 1.17 bits per heavy atom. The molecule has 0 heterocycles. The highest BCUT2D eigenvalue weighted by molar-refractivity contribution is 14.1. The Morgan fingerprint density at radius 3 is 2.79 bits per heavy atom. The standard InChI is InChI=1S/C25H32INO2/c1-29-24-9-8-23(26)14-21(24)5-3-17-2-4-19-13-20(7-6-18(19)12-17)22-10-11-25(27,15-22)16-28/h6-9,13-14,17,22,28H,2-5,10-12,15-16,27H2,1H3/t17?,22-,25+/m0/s1. The molecule has 0 radical (unpaired) electrons. The van der Waals surface area contributed by atoms with Gasteiger partial charge in [0.1, 0.15) is 5.75 Å². The molecule has 1 unspecified atom stereocenters. The van der Waals surface area contributed by atoms with E-state index in [1.54, 1.807) is 7.11 Å². The lowest BCUT2D eigenvalue weighted by atomic mass is 9.79. The molecular formula is C25H32INO2. The van der Waals surface area contributed by atoms with Crippen molar-refractivity contribution in [3.63, 3.8) is 0 Å². The van der Waals surface area contributed by atoms with Crippen LogP contribution in [-0.2, 0) is 19.3 Å². The maximum atomic E-state index is 9.56. The number of ether oxygens (including phenoxy) is 1. The van der Waals surface area contributed by atoms with E-state index < -0.39 is 0 Å². The van der Waals surface area contributed by atoms with Crippen LogP contribution in [-0.4, -0.2) is 24.4 Å². The summed E-state index contributed by atoms with van der Waals surface area (Å²) < 4.78 is 6.83. The van der Waals surface area contributed by atoms with E-state index in [9.17, 15) is 5.11 Å². The Labute approximate surface area is 188 Å². The van der Waals surface area contributed by atoms with Gasteiger partial charge in [0.05, 0.1) is 13.7 Å². The number of methoxy groups -OCH3 is 1. The van der Waals surface area contributed by atoms with Crippen LogP contribution in [0.25, 0.3) is 0 Å². The van der Waals surface area contributed by atoms with E-state index in [2.05, 4.69) is 59.0 Å². The zero-order chi connectivity index (χ0) is 20.4. The van der Waals surface area contributed by atoms with E-state index in [1.165, 1.54) is 51.5 Å². The predicted molar refractivity (Wildman–Crippen MR) is 127 cm³/mol. The van der Waals surface area contributed by atoms with Crippen LogP contribution in [0.15, 0.2) is 36.4 Å². The molecule has 4 rings (SSSR count). The molecule has 0 aliphatic heterocycles. The van der Waals surface area contributed by atoms with Crippen molar-refractivity contribution in [3.8, 4) is 5.75 Å². The van der Waals surface area contributed by atoms with Crippen molar-refractivity contribution >= 4 is 22.6 Å². The molecule has 4 heteroatoms. The van der Waals surface area contributed by atoms with Gasteiger partial charge in [-0.05, 0) is 126 Å². The minimum atomic E-state index is -0.373. The molecule has 2 aliphatic rings. The average molecular weight is 505 g/mol. The van der Waals surface area contributed by atoms with Crippen molar-refractivity contribution in [2.75, 3.05) is 13.7 Å². The van der Waals surface area contributed by atoms with Gasteiger partial charge in [0.2, 0.25) is 0 Å². The van der Waals surface area contributed by atoms with Crippen LogP contribution >= 0.6 is 22.6 Å². The second-order valence-corrected chi connectivity index (χ2v) is 10.3. The normalized spacial score (nSPS) is 26.3. The van der Waals surface area contributed by atoms with Crippen LogP contribution in [0.2, 0.25) is 0 Å². The Hall–Kier alpha value is -1.11. The highest BCUT2D eigenvalue weighted by atomic mass is 127. The van der Waals surface area contributed by atoms with Gasteiger partial charge in [0.15, 0.2) is 0 Å². The van der Waals surface area contributed by atoms with E-state index >= 15 is 0 Å². The van der Waals surface area contributed by atoms with Crippen LogP contribution < -0.4 is 10.5 Å². The third-order valence-electron chi connectivity index (χ3n) is 7.06. The van der Waals surface area contributed by atoms with Crippen LogP contribution in [0, 0.1) is 9.49 Å². The molecule has 2 aromatic rings. The number of hydrogen-bond donors (Lipinski definition) is 2. The lowest BCUT2D eigenvalue weighted by Gasteiger charge is -2.26. The lowest BCUT2D eigenvalue weighted by Crippen LogP contribution is -2.40. The van der Waals surface area contributed by atoms with Crippen molar-refractivity contribution in [3.05, 3.63) is 62.2 Å². The van der Waals surface area contributed by atoms with Crippen LogP contribution in [0.1, 0.15) is 60.3 Å². The van der Waals surface area contributed by atoms with Crippen LogP contribution in [0.4, 0.5) is 0 Å². The van der Waals surface area contributed by atoms with Crippen molar-refractivity contribution in [2.24, 2.45) is 11.7 Å². The number of fused-ring (bicyclic) bond motifs is 1. The summed E-state index contributed by atoms with van der Waals surface area (Å²) in [5.41, 5.74) is 11.7. The smallest absolute Gasteiger partial charge is 0.122 e. The fraction of sp³-hybridized carbons (Fsp3) is 0.520. The van der Waals surface area contributed by atoms with Gasteiger partial charge in [-0.3, -0.25) is 0 Å². The highest BCUT2D eigenvalue weighted by Gasteiger charge is 2.36. The van der Waals surface area contributed by atoms with Gasteiger partial charge >= 0.3 is 0 Å². The zero-order valence-electron chi connectivity index (χ0n) is 17.3. The first-order valence-electron chi connectivity index (χ1n) is 10.8. The molecule has 1 fully saturated rings. The van der Waals surface area contributed by atoms with E-state index in [4.69, 9.17) is 10.5 Å². The monoisotopic (exact) mass is 505 g/mol. The number of rotatable bonds is 6. The molecule has 3 atom stereocenters. The van der Waals surface area contributed by atoms with E-state index in [1.807, 2.05) is 0 Å². The van der Waals surface area contributed by atoms with Gasteiger partial charge in [-0.2, -0.15) is 0 Å². The average Bonchev–Trinajstić information content (AvgIpc) is 3.14. The first-order chi connectivity index (χ1) is 14.0. The van der Waals surface area contributed by atoms with Crippen LogP contribution in [0.5, 0.6) is 5.75 Å². The summed E-state index contributed by atoms with van der Waals surface area (Å²) in [4.78, 5) is 0.